The second kappa shape index (κ2) is 4.01. The van der Waals surface area contributed by atoms with Gasteiger partial charge in [-0.05, 0) is 42.4 Å². The predicted molar refractivity (Wildman–Crippen MR) is 60.0 cm³/mol. The Balaban J connectivity index is 2.09. The Hall–Kier alpha value is -0.370. The van der Waals surface area contributed by atoms with E-state index in [2.05, 4.69) is 22.9 Å². The Morgan fingerprint density at radius 2 is 1.86 bits per heavy atom. The van der Waals surface area contributed by atoms with Gasteiger partial charge in [-0.2, -0.15) is 0 Å². The van der Waals surface area contributed by atoms with E-state index < -0.39 is 0 Å². The van der Waals surface area contributed by atoms with Crippen LogP contribution in [0.1, 0.15) is 30.2 Å². The first-order valence-electron chi connectivity index (χ1n) is 5.08. The van der Waals surface area contributed by atoms with Gasteiger partial charge in [0.1, 0.15) is 5.82 Å². The van der Waals surface area contributed by atoms with Crippen LogP contribution in [0.15, 0.2) is 24.3 Å². The summed E-state index contributed by atoms with van der Waals surface area (Å²) >= 11 is 3.69. The minimum atomic E-state index is -0.160. The molecule has 0 heterocycles. The molecule has 0 spiro atoms. The molecule has 0 N–H and O–H groups in total. The van der Waals surface area contributed by atoms with Gasteiger partial charge in [0.25, 0.3) is 0 Å². The first-order valence-corrected chi connectivity index (χ1v) is 5.99. The molecular formula is C12H14BrF. The average molecular weight is 257 g/mol. The van der Waals surface area contributed by atoms with E-state index in [1.807, 2.05) is 12.1 Å². The standard InChI is InChI=1S/C12H14BrF/c1-8(9-2-3-9)12(13)10-4-6-11(14)7-5-10/h4-9,12H,2-3H2,1H3. The third kappa shape index (κ3) is 2.17. The number of alkyl halides is 1. The molecule has 0 aromatic heterocycles. The quantitative estimate of drug-likeness (QED) is 0.708. The van der Waals surface area contributed by atoms with Crippen LogP contribution in [0.5, 0.6) is 0 Å². The summed E-state index contributed by atoms with van der Waals surface area (Å²) in [7, 11) is 0. The maximum absolute atomic E-state index is 12.7. The van der Waals surface area contributed by atoms with Crippen molar-refractivity contribution < 1.29 is 4.39 Å². The van der Waals surface area contributed by atoms with Crippen molar-refractivity contribution in [2.45, 2.75) is 24.6 Å². The number of hydrogen-bond acceptors (Lipinski definition) is 0. The molecule has 0 nitrogen and oxygen atoms in total. The molecular weight excluding hydrogens is 243 g/mol. The highest BCUT2D eigenvalue weighted by Gasteiger charge is 2.32. The van der Waals surface area contributed by atoms with E-state index in [1.165, 1.54) is 30.5 Å². The molecule has 0 bridgehead atoms. The van der Waals surface area contributed by atoms with Crippen LogP contribution in [-0.4, -0.2) is 0 Å². The fourth-order valence-corrected chi connectivity index (χ4v) is 2.55. The minimum Gasteiger partial charge on any atom is -0.207 e. The Kier molecular flexibility index (Phi) is 2.91. The molecule has 2 heteroatoms. The summed E-state index contributed by atoms with van der Waals surface area (Å²) in [5, 5.41) is 0. The van der Waals surface area contributed by atoms with Crippen molar-refractivity contribution in [1.29, 1.82) is 0 Å². The van der Waals surface area contributed by atoms with Crippen LogP contribution in [0, 0.1) is 17.7 Å². The summed E-state index contributed by atoms with van der Waals surface area (Å²) in [5.74, 6) is 1.36. The molecule has 0 saturated heterocycles. The third-order valence-corrected chi connectivity index (χ3v) is 4.38. The number of rotatable bonds is 3. The SMILES string of the molecule is CC(C1CC1)C(Br)c1ccc(F)cc1. The van der Waals surface area contributed by atoms with E-state index in [0.717, 1.165) is 5.92 Å². The summed E-state index contributed by atoms with van der Waals surface area (Å²) in [4.78, 5) is 0.371. The van der Waals surface area contributed by atoms with E-state index >= 15 is 0 Å². The summed E-state index contributed by atoms with van der Waals surface area (Å²) in [6.07, 6.45) is 2.70. The largest absolute Gasteiger partial charge is 0.207 e. The van der Waals surface area contributed by atoms with Crippen molar-refractivity contribution in [2.24, 2.45) is 11.8 Å². The first kappa shape index (κ1) is 10.2. The van der Waals surface area contributed by atoms with Crippen LogP contribution < -0.4 is 0 Å². The zero-order valence-electron chi connectivity index (χ0n) is 8.21. The van der Waals surface area contributed by atoms with Crippen molar-refractivity contribution in [3.05, 3.63) is 35.6 Å². The van der Waals surface area contributed by atoms with Crippen molar-refractivity contribution in [3.63, 3.8) is 0 Å². The summed E-state index contributed by atoms with van der Waals surface area (Å²) in [6, 6.07) is 6.80. The van der Waals surface area contributed by atoms with Gasteiger partial charge in [0, 0.05) is 4.83 Å². The van der Waals surface area contributed by atoms with Gasteiger partial charge in [-0.3, -0.25) is 0 Å². The Morgan fingerprint density at radius 1 is 1.29 bits per heavy atom. The molecule has 1 fully saturated rings. The highest BCUT2D eigenvalue weighted by molar-refractivity contribution is 9.09. The van der Waals surface area contributed by atoms with Crippen molar-refractivity contribution in [3.8, 4) is 0 Å². The van der Waals surface area contributed by atoms with Crippen LogP contribution in [0.2, 0.25) is 0 Å². The maximum Gasteiger partial charge on any atom is 0.123 e. The van der Waals surface area contributed by atoms with Gasteiger partial charge in [0.05, 0.1) is 0 Å². The molecule has 76 valence electrons. The zero-order chi connectivity index (χ0) is 10.1. The average Bonchev–Trinajstić information content (AvgIpc) is 3.00. The fraction of sp³-hybridized carbons (Fsp3) is 0.500. The summed E-state index contributed by atoms with van der Waals surface area (Å²) in [5.41, 5.74) is 1.19. The molecule has 1 saturated carbocycles. The van der Waals surface area contributed by atoms with Crippen molar-refractivity contribution in [1.82, 2.24) is 0 Å². The number of benzene rings is 1. The predicted octanol–water partition coefficient (Wildman–Crippen LogP) is 4.31. The van der Waals surface area contributed by atoms with Crippen LogP contribution in [-0.2, 0) is 0 Å². The summed E-state index contributed by atoms with van der Waals surface area (Å²) < 4.78 is 12.7. The zero-order valence-corrected chi connectivity index (χ0v) is 9.80. The summed E-state index contributed by atoms with van der Waals surface area (Å²) in [6.45, 7) is 2.26. The van der Waals surface area contributed by atoms with Gasteiger partial charge in [-0.1, -0.05) is 35.0 Å². The van der Waals surface area contributed by atoms with Gasteiger partial charge >= 0.3 is 0 Å². The second-order valence-corrected chi connectivity index (χ2v) is 5.14. The first-order chi connectivity index (χ1) is 6.68. The molecule has 1 aromatic rings. The molecule has 0 radical (unpaired) electrons. The fourth-order valence-electron chi connectivity index (χ4n) is 1.81. The van der Waals surface area contributed by atoms with E-state index in [9.17, 15) is 4.39 Å². The Bertz CT molecular complexity index is 303. The lowest BCUT2D eigenvalue weighted by Crippen LogP contribution is -2.05. The van der Waals surface area contributed by atoms with E-state index in [1.54, 1.807) is 0 Å². The van der Waals surface area contributed by atoms with Gasteiger partial charge in [-0.25, -0.2) is 4.39 Å². The van der Waals surface area contributed by atoms with Gasteiger partial charge in [0.2, 0.25) is 0 Å². The third-order valence-electron chi connectivity index (χ3n) is 3.02. The van der Waals surface area contributed by atoms with Crippen molar-refractivity contribution >= 4 is 15.9 Å². The molecule has 0 amide bonds. The van der Waals surface area contributed by atoms with Gasteiger partial charge in [0.15, 0.2) is 0 Å². The lowest BCUT2D eigenvalue weighted by atomic mass is 9.97. The normalized spacial score (nSPS) is 20.5. The monoisotopic (exact) mass is 256 g/mol. The topological polar surface area (TPSA) is 0 Å². The van der Waals surface area contributed by atoms with Crippen LogP contribution in [0.25, 0.3) is 0 Å². The smallest absolute Gasteiger partial charge is 0.123 e. The second-order valence-electron chi connectivity index (χ2n) is 4.15. The molecule has 2 unspecified atom stereocenters. The lowest BCUT2D eigenvalue weighted by molar-refractivity contribution is 0.502. The van der Waals surface area contributed by atoms with Crippen molar-refractivity contribution in [2.75, 3.05) is 0 Å². The number of hydrogen-bond donors (Lipinski definition) is 0. The molecule has 2 atom stereocenters. The van der Waals surface area contributed by atoms with Crippen LogP contribution in [0.3, 0.4) is 0 Å². The van der Waals surface area contributed by atoms with Crippen LogP contribution in [0.4, 0.5) is 4.39 Å². The lowest BCUT2D eigenvalue weighted by Gasteiger charge is -2.17. The number of halogens is 2. The molecule has 2 rings (SSSR count). The molecule has 1 aromatic carbocycles. The molecule has 1 aliphatic rings. The Labute approximate surface area is 92.6 Å². The van der Waals surface area contributed by atoms with Gasteiger partial charge in [-0.15, -0.1) is 0 Å². The molecule has 1 aliphatic carbocycles. The van der Waals surface area contributed by atoms with Gasteiger partial charge < -0.3 is 0 Å². The maximum atomic E-state index is 12.7. The van der Waals surface area contributed by atoms with E-state index in [-0.39, 0.29) is 5.82 Å². The Morgan fingerprint density at radius 3 is 2.36 bits per heavy atom. The van der Waals surface area contributed by atoms with E-state index in [0.29, 0.717) is 10.7 Å². The highest BCUT2D eigenvalue weighted by Crippen LogP contribution is 2.46. The van der Waals surface area contributed by atoms with E-state index in [4.69, 9.17) is 0 Å². The van der Waals surface area contributed by atoms with Crippen LogP contribution >= 0.6 is 15.9 Å². The highest BCUT2D eigenvalue weighted by atomic mass is 79.9. The molecule has 0 aliphatic heterocycles. The molecule has 14 heavy (non-hydrogen) atoms. The minimum absolute atomic E-state index is 0.160.